The van der Waals surface area contributed by atoms with Gasteiger partial charge in [0.05, 0.1) is 12.5 Å². The van der Waals surface area contributed by atoms with Gasteiger partial charge in [0.1, 0.15) is 0 Å². The fourth-order valence-electron chi connectivity index (χ4n) is 5.81. The summed E-state index contributed by atoms with van der Waals surface area (Å²) in [5.41, 5.74) is 4.83. The Balaban J connectivity index is 1.08. The first kappa shape index (κ1) is 28.5. The summed E-state index contributed by atoms with van der Waals surface area (Å²) in [6.07, 6.45) is 7.23. The SMILES string of the molecule is CC(C)(C)c1ccc(-c2noc(CN3CCCC(C(=O)NCc4ccc(CN5CCCCCC5)cc4)C3)n2)cc1. The lowest BCUT2D eigenvalue weighted by Crippen LogP contribution is -2.42. The first-order valence-corrected chi connectivity index (χ1v) is 15.1. The predicted molar refractivity (Wildman–Crippen MR) is 158 cm³/mol. The number of carbonyl (C=O) groups is 1. The van der Waals surface area contributed by atoms with E-state index in [-0.39, 0.29) is 17.2 Å². The Labute approximate surface area is 239 Å². The van der Waals surface area contributed by atoms with E-state index in [2.05, 4.69) is 94.6 Å². The average Bonchev–Trinajstić information content (AvgIpc) is 3.27. The molecule has 2 saturated heterocycles. The quantitative estimate of drug-likeness (QED) is 0.379. The number of nitrogens with zero attached hydrogens (tertiary/aromatic N) is 4. The molecule has 0 saturated carbocycles. The summed E-state index contributed by atoms with van der Waals surface area (Å²) >= 11 is 0. The number of rotatable bonds is 8. The van der Waals surface area contributed by atoms with Crippen LogP contribution in [0.5, 0.6) is 0 Å². The van der Waals surface area contributed by atoms with Crippen molar-refractivity contribution in [1.82, 2.24) is 25.3 Å². The maximum absolute atomic E-state index is 13.0. The maximum Gasteiger partial charge on any atom is 0.241 e. The second-order valence-corrected chi connectivity index (χ2v) is 12.6. The second kappa shape index (κ2) is 13.1. The van der Waals surface area contributed by atoms with E-state index in [1.165, 1.54) is 49.9 Å². The highest BCUT2D eigenvalue weighted by molar-refractivity contribution is 5.79. The lowest BCUT2D eigenvalue weighted by Gasteiger charge is -2.30. The molecule has 3 heterocycles. The number of likely N-dealkylation sites (tertiary alicyclic amines) is 2. The van der Waals surface area contributed by atoms with Gasteiger partial charge in [0, 0.05) is 25.2 Å². The van der Waals surface area contributed by atoms with Crippen LogP contribution in [-0.4, -0.2) is 52.0 Å². The van der Waals surface area contributed by atoms with Crippen molar-refractivity contribution in [2.45, 2.75) is 84.3 Å². The second-order valence-electron chi connectivity index (χ2n) is 12.6. The minimum atomic E-state index is -0.0246. The molecule has 0 aliphatic carbocycles. The van der Waals surface area contributed by atoms with E-state index in [9.17, 15) is 4.79 Å². The number of carbonyl (C=O) groups excluding carboxylic acids is 1. The van der Waals surface area contributed by atoms with Gasteiger partial charge in [0.15, 0.2) is 0 Å². The normalized spacial score (nSPS) is 19.3. The van der Waals surface area contributed by atoms with Crippen molar-refractivity contribution in [3.05, 3.63) is 71.1 Å². The Morgan fingerprint density at radius 3 is 2.25 bits per heavy atom. The number of hydrogen-bond donors (Lipinski definition) is 1. The molecule has 2 aliphatic heterocycles. The van der Waals surface area contributed by atoms with E-state index in [1.54, 1.807) is 0 Å². The summed E-state index contributed by atoms with van der Waals surface area (Å²) in [5.74, 6) is 1.31. The largest absolute Gasteiger partial charge is 0.352 e. The summed E-state index contributed by atoms with van der Waals surface area (Å²) in [6, 6.07) is 17.1. The number of aromatic nitrogens is 2. The molecular weight excluding hydrogens is 498 g/mol. The van der Waals surface area contributed by atoms with Gasteiger partial charge >= 0.3 is 0 Å². The predicted octanol–water partition coefficient (Wildman–Crippen LogP) is 5.94. The summed E-state index contributed by atoms with van der Waals surface area (Å²) in [6.45, 7) is 12.8. The van der Waals surface area contributed by atoms with Crippen molar-refractivity contribution in [3.8, 4) is 11.4 Å². The molecule has 1 unspecified atom stereocenters. The van der Waals surface area contributed by atoms with E-state index >= 15 is 0 Å². The summed E-state index contributed by atoms with van der Waals surface area (Å²) < 4.78 is 5.58. The van der Waals surface area contributed by atoms with Crippen LogP contribution in [0.15, 0.2) is 53.1 Å². The molecule has 2 aromatic carbocycles. The molecule has 3 aromatic rings. The zero-order valence-corrected chi connectivity index (χ0v) is 24.5. The lowest BCUT2D eigenvalue weighted by molar-refractivity contribution is -0.127. The standard InChI is InChI=1S/C33H45N5O2/c1-33(2,3)29-16-14-27(15-17-29)31-35-30(40-36-31)24-38-20-8-9-28(23-38)32(39)34-21-25-10-12-26(13-11-25)22-37-18-6-4-5-7-19-37/h10-17,28H,4-9,18-24H2,1-3H3,(H,34,39). The monoisotopic (exact) mass is 543 g/mol. The zero-order chi connectivity index (χ0) is 28.0. The van der Waals surface area contributed by atoms with E-state index in [4.69, 9.17) is 4.52 Å². The molecule has 7 heteroatoms. The van der Waals surface area contributed by atoms with Gasteiger partial charge in [-0.2, -0.15) is 4.98 Å². The third-order valence-electron chi connectivity index (χ3n) is 8.31. The number of nitrogens with one attached hydrogen (secondary N) is 1. The van der Waals surface area contributed by atoms with Crippen LogP contribution >= 0.6 is 0 Å². The molecule has 5 rings (SSSR count). The highest BCUT2D eigenvalue weighted by Crippen LogP contribution is 2.25. The number of amides is 1. The molecular formula is C33H45N5O2. The summed E-state index contributed by atoms with van der Waals surface area (Å²) in [7, 11) is 0. The molecule has 1 N–H and O–H groups in total. The minimum Gasteiger partial charge on any atom is -0.352 e. The topological polar surface area (TPSA) is 74.5 Å². The lowest BCUT2D eigenvalue weighted by atomic mass is 9.87. The van der Waals surface area contributed by atoms with Crippen molar-refractivity contribution in [1.29, 1.82) is 0 Å². The summed E-state index contributed by atoms with van der Waals surface area (Å²) in [5, 5.41) is 7.38. The average molecular weight is 544 g/mol. The van der Waals surface area contributed by atoms with Gasteiger partial charge in [-0.3, -0.25) is 14.6 Å². The highest BCUT2D eigenvalue weighted by Gasteiger charge is 2.27. The Hall–Kier alpha value is -3.03. The van der Waals surface area contributed by atoms with E-state index in [0.29, 0.717) is 31.3 Å². The van der Waals surface area contributed by atoms with Gasteiger partial charge in [-0.05, 0) is 67.4 Å². The van der Waals surface area contributed by atoms with Crippen LogP contribution in [0.25, 0.3) is 11.4 Å². The Kier molecular flexibility index (Phi) is 9.33. The van der Waals surface area contributed by atoms with Crippen LogP contribution in [-0.2, 0) is 29.8 Å². The van der Waals surface area contributed by atoms with Crippen LogP contribution in [0.1, 0.15) is 81.9 Å². The zero-order valence-electron chi connectivity index (χ0n) is 24.5. The smallest absolute Gasteiger partial charge is 0.241 e. The maximum atomic E-state index is 13.0. The van der Waals surface area contributed by atoms with Crippen LogP contribution in [0.4, 0.5) is 0 Å². The van der Waals surface area contributed by atoms with Gasteiger partial charge in [0.2, 0.25) is 17.6 Å². The van der Waals surface area contributed by atoms with Gasteiger partial charge in [-0.25, -0.2) is 0 Å². The molecule has 0 radical (unpaired) electrons. The van der Waals surface area contributed by atoms with Gasteiger partial charge < -0.3 is 9.84 Å². The van der Waals surface area contributed by atoms with Gasteiger partial charge in [-0.1, -0.05) is 87.3 Å². The van der Waals surface area contributed by atoms with Gasteiger partial charge in [-0.15, -0.1) is 0 Å². The van der Waals surface area contributed by atoms with Crippen molar-refractivity contribution < 1.29 is 9.32 Å². The third kappa shape index (κ3) is 7.79. The van der Waals surface area contributed by atoms with Crippen LogP contribution in [0.3, 0.4) is 0 Å². The van der Waals surface area contributed by atoms with Crippen molar-refractivity contribution in [2.75, 3.05) is 26.2 Å². The van der Waals surface area contributed by atoms with Crippen LogP contribution < -0.4 is 5.32 Å². The van der Waals surface area contributed by atoms with Crippen molar-refractivity contribution in [3.63, 3.8) is 0 Å². The first-order valence-electron chi connectivity index (χ1n) is 15.1. The molecule has 2 aliphatic rings. The Morgan fingerprint density at radius 2 is 1.55 bits per heavy atom. The van der Waals surface area contributed by atoms with Crippen LogP contribution in [0, 0.1) is 5.92 Å². The number of benzene rings is 2. The molecule has 214 valence electrons. The molecule has 7 nitrogen and oxygen atoms in total. The molecule has 0 spiro atoms. The molecule has 40 heavy (non-hydrogen) atoms. The number of hydrogen-bond acceptors (Lipinski definition) is 6. The molecule has 1 atom stereocenters. The van der Waals surface area contributed by atoms with E-state index < -0.39 is 0 Å². The molecule has 1 amide bonds. The Bertz CT molecular complexity index is 1220. The summed E-state index contributed by atoms with van der Waals surface area (Å²) in [4.78, 5) is 22.5. The molecule has 2 fully saturated rings. The van der Waals surface area contributed by atoms with E-state index in [1.807, 2.05) is 0 Å². The first-order chi connectivity index (χ1) is 19.3. The van der Waals surface area contributed by atoms with Crippen molar-refractivity contribution in [2.24, 2.45) is 5.92 Å². The molecule has 1 aromatic heterocycles. The fourth-order valence-corrected chi connectivity index (χ4v) is 5.81. The molecule has 0 bridgehead atoms. The Morgan fingerprint density at radius 1 is 0.875 bits per heavy atom. The highest BCUT2D eigenvalue weighted by atomic mass is 16.5. The van der Waals surface area contributed by atoms with Gasteiger partial charge in [0.25, 0.3) is 0 Å². The number of piperidine rings is 1. The van der Waals surface area contributed by atoms with Crippen molar-refractivity contribution >= 4 is 5.91 Å². The fraction of sp³-hybridized carbons (Fsp3) is 0.545. The third-order valence-corrected chi connectivity index (χ3v) is 8.31. The van der Waals surface area contributed by atoms with Crippen LogP contribution in [0.2, 0.25) is 0 Å². The van der Waals surface area contributed by atoms with E-state index in [0.717, 1.165) is 37.1 Å². The minimum absolute atomic E-state index is 0.0246.